The van der Waals surface area contributed by atoms with Crippen LogP contribution in [0.3, 0.4) is 0 Å². The molecular weight excluding hydrogens is 686 g/mol. The maximum absolute atomic E-state index is 14.6. The number of carbonyl (C=O) groups is 2. The lowest BCUT2D eigenvalue weighted by molar-refractivity contribution is -0.140. The standard InChI is InChI=1S/C36H39BrClN3O4S/c1-4-5-21-39-36(43)34(22-28-9-7-6-8-10-28)40(24-29-14-16-30(37)17-15-29)35(42)25-41(33-23-31(38)18-13-27(33)3)46(44,45)32-19-11-26(2)12-20-32/h6-20,23,34H,4-5,21-22,24-25H2,1-3H3,(H,39,43)/t34-/m0/s1. The third-order valence-electron chi connectivity index (χ3n) is 7.69. The van der Waals surface area contributed by atoms with E-state index in [4.69, 9.17) is 11.6 Å². The molecule has 0 aliphatic rings. The number of aryl methyl sites for hydroxylation is 2. The van der Waals surface area contributed by atoms with Crippen LogP contribution in [0, 0.1) is 13.8 Å². The zero-order valence-corrected chi connectivity index (χ0v) is 29.4. The summed E-state index contributed by atoms with van der Waals surface area (Å²) in [6.45, 7) is 5.71. The number of rotatable bonds is 14. The van der Waals surface area contributed by atoms with Crippen LogP contribution in [0.4, 0.5) is 5.69 Å². The fourth-order valence-corrected chi connectivity index (χ4v) is 6.95. The molecule has 0 radical (unpaired) electrons. The fraction of sp³-hybridized carbons (Fsp3) is 0.278. The molecular formula is C36H39BrClN3O4S. The van der Waals surface area contributed by atoms with Crippen molar-refractivity contribution in [3.05, 3.63) is 129 Å². The van der Waals surface area contributed by atoms with Crippen molar-refractivity contribution in [1.29, 1.82) is 0 Å². The van der Waals surface area contributed by atoms with Gasteiger partial charge in [-0.15, -0.1) is 0 Å². The van der Waals surface area contributed by atoms with Crippen LogP contribution in [0.2, 0.25) is 5.02 Å². The number of unbranched alkanes of at least 4 members (excludes halogenated alkanes) is 1. The minimum absolute atomic E-state index is 0.0443. The van der Waals surface area contributed by atoms with E-state index in [-0.39, 0.29) is 29.5 Å². The van der Waals surface area contributed by atoms with Gasteiger partial charge in [-0.1, -0.05) is 107 Å². The maximum atomic E-state index is 14.6. The van der Waals surface area contributed by atoms with Gasteiger partial charge < -0.3 is 10.2 Å². The molecule has 2 amide bonds. The Labute approximate surface area is 285 Å². The van der Waals surface area contributed by atoms with Crippen LogP contribution >= 0.6 is 27.5 Å². The average molecular weight is 725 g/mol. The van der Waals surface area contributed by atoms with Gasteiger partial charge >= 0.3 is 0 Å². The highest BCUT2D eigenvalue weighted by Gasteiger charge is 2.35. The van der Waals surface area contributed by atoms with E-state index in [0.717, 1.165) is 38.3 Å². The Kier molecular flexibility index (Phi) is 12.4. The molecule has 7 nitrogen and oxygen atoms in total. The Morgan fingerprint density at radius 1 is 0.891 bits per heavy atom. The first kappa shape index (κ1) is 35.2. The Balaban J connectivity index is 1.81. The van der Waals surface area contributed by atoms with Gasteiger partial charge in [-0.05, 0) is 73.4 Å². The number of amides is 2. The number of benzene rings is 4. The molecule has 0 bridgehead atoms. The lowest BCUT2D eigenvalue weighted by atomic mass is 10.0. The number of anilines is 1. The quantitative estimate of drug-likeness (QED) is 0.137. The van der Waals surface area contributed by atoms with E-state index in [1.807, 2.05) is 68.4 Å². The van der Waals surface area contributed by atoms with Gasteiger partial charge in [0.1, 0.15) is 12.6 Å². The minimum Gasteiger partial charge on any atom is -0.354 e. The highest BCUT2D eigenvalue weighted by Crippen LogP contribution is 2.30. The molecule has 0 saturated heterocycles. The first-order valence-corrected chi connectivity index (χ1v) is 17.8. The van der Waals surface area contributed by atoms with E-state index in [1.54, 1.807) is 37.3 Å². The van der Waals surface area contributed by atoms with Crippen molar-refractivity contribution in [2.75, 3.05) is 17.4 Å². The number of nitrogens with one attached hydrogen (secondary N) is 1. The first-order chi connectivity index (χ1) is 22.0. The highest BCUT2D eigenvalue weighted by atomic mass is 79.9. The molecule has 0 heterocycles. The van der Waals surface area contributed by atoms with Crippen LogP contribution in [-0.2, 0) is 32.6 Å². The zero-order chi connectivity index (χ0) is 33.3. The van der Waals surface area contributed by atoms with Crippen LogP contribution in [-0.4, -0.2) is 44.3 Å². The van der Waals surface area contributed by atoms with Gasteiger partial charge in [0.05, 0.1) is 10.6 Å². The maximum Gasteiger partial charge on any atom is 0.264 e. The summed E-state index contributed by atoms with van der Waals surface area (Å²) in [5.41, 5.74) is 3.49. The molecule has 4 aromatic rings. The number of nitrogens with zero attached hydrogens (tertiary/aromatic N) is 2. The molecule has 46 heavy (non-hydrogen) atoms. The van der Waals surface area contributed by atoms with Crippen molar-refractivity contribution in [3.8, 4) is 0 Å². The average Bonchev–Trinajstić information content (AvgIpc) is 3.04. The van der Waals surface area contributed by atoms with E-state index in [9.17, 15) is 18.0 Å². The summed E-state index contributed by atoms with van der Waals surface area (Å²) in [6, 6.07) is 27.5. The third kappa shape index (κ3) is 9.21. The fourth-order valence-electron chi connectivity index (χ4n) is 5.05. The molecule has 0 unspecified atom stereocenters. The molecule has 0 fully saturated rings. The second-order valence-corrected chi connectivity index (χ2v) is 14.5. The van der Waals surface area contributed by atoms with Gasteiger partial charge in [-0.3, -0.25) is 13.9 Å². The number of carbonyl (C=O) groups excluding carboxylic acids is 2. The Hall–Kier alpha value is -3.66. The van der Waals surface area contributed by atoms with Crippen LogP contribution < -0.4 is 9.62 Å². The monoisotopic (exact) mass is 723 g/mol. The summed E-state index contributed by atoms with van der Waals surface area (Å²) in [7, 11) is -4.22. The van der Waals surface area contributed by atoms with Gasteiger partial charge in [-0.2, -0.15) is 0 Å². The number of hydrogen-bond donors (Lipinski definition) is 1. The molecule has 0 aromatic heterocycles. The largest absolute Gasteiger partial charge is 0.354 e. The molecule has 1 N–H and O–H groups in total. The Morgan fingerprint density at radius 2 is 1.57 bits per heavy atom. The first-order valence-electron chi connectivity index (χ1n) is 15.2. The van der Waals surface area contributed by atoms with Crippen LogP contribution in [0.15, 0.2) is 106 Å². The number of sulfonamides is 1. The Bertz CT molecular complexity index is 1730. The smallest absolute Gasteiger partial charge is 0.264 e. The highest BCUT2D eigenvalue weighted by molar-refractivity contribution is 9.10. The normalized spacial score (nSPS) is 11.9. The molecule has 0 saturated carbocycles. The summed E-state index contributed by atoms with van der Waals surface area (Å²) < 4.78 is 30.5. The lowest BCUT2D eigenvalue weighted by Crippen LogP contribution is -2.53. The summed E-state index contributed by atoms with van der Waals surface area (Å²) in [6.07, 6.45) is 1.94. The second-order valence-electron chi connectivity index (χ2n) is 11.3. The van der Waals surface area contributed by atoms with Crippen molar-refractivity contribution in [2.45, 2.75) is 57.5 Å². The molecule has 1 atom stereocenters. The number of halogens is 2. The topological polar surface area (TPSA) is 86.8 Å². The molecule has 0 spiro atoms. The van der Waals surface area contributed by atoms with Gasteiger partial charge in [0.25, 0.3) is 10.0 Å². The van der Waals surface area contributed by atoms with E-state index in [2.05, 4.69) is 21.2 Å². The van der Waals surface area contributed by atoms with Crippen molar-refractivity contribution in [1.82, 2.24) is 10.2 Å². The van der Waals surface area contributed by atoms with Crippen molar-refractivity contribution >= 4 is 55.1 Å². The van der Waals surface area contributed by atoms with Crippen molar-refractivity contribution < 1.29 is 18.0 Å². The zero-order valence-electron chi connectivity index (χ0n) is 26.2. The summed E-state index contributed by atoms with van der Waals surface area (Å²) in [5, 5.41) is 3.34. The van der Waals surface area contributed by atoms with Gasteiger partial charge in [-0.25, -0.2) is 8.42 Å². The predicted octanol–water partition coefficient (Wildman–Crippen LogP) is 7.47. The van der Waals surface area contributed by atoms with Crippen molar-refractivity contribution in [3.63, 3.8) is 0 Å². The molecule has 0 aliphatic heterocycles. The van der Waals surface area contributed by atoms with Crippen LogP contribution in [0.5, 0.6) is 0 Å². The lowest BCUT2D eigenvalue weighted by Gasteiger charge is -2.34. The molecule has 4 rings (SSSR count). The van der Waals surface area contributed by atoms with Crippen LogP contribution in [0.1, 0.15) is 42.0 Å². The van der Waals surface area contributed by atoms with Crippen molar-refractivity contribution in [2.24, 2.45) is 0 Å². The van der Waals surface area contributed by atoms with Gasteiger partial charge in [0.15, 0.2) is 0 Å². The van der Waals surface area contributed by atoms with Gasteiger partial charge in [0.2, 0.25) is 11.8 Å². The summed E-state index contributed by atoms with van der Waals surface area (Å²) >= 11 is 9.83. The van der Waals surface area contributed by atoms with E-state index >= 15 is 0 Å². The summed E-state index contributed by atoms with van der Waals surface area (Å²) in [5.74, 6) is -0.820. The van der Waals surface area contributed by atoms with E-state index < -0.39 is 28.5 Å². The molecule has 10 heteroatoms. The molecule has 0 aliphatic carbocycles. The SMILES string of the molecule is CCCCNC(=O)[C@H](Cc1ccccc1)N(Cc1ccc(Br)cc1)C(=O)CN(c1cc(Cl)ccc1C)S(=O)(=O)c1ccc(C)cc1. The molecule has 242 valence electrons. The van der Waals surface area contributed by atoms with E-state index in [0.29, 0.717) is 17.1 Å². The predicted molar refractivity (Wildman–Crippen MR) is 188 cm³/mol. The summed E-state index contributed by atoms with van der Waals surface area (Å²) in [4.78, 5) is 30.0. The van der Waals surface area contributed by atoms with Crippen LogP contribution in [0.25, 0.3) is 0 Å². The number of hydrogen-bond acceptors (Lipinski definition) is 4. The minimum atomic E-state index is -4.22. The molecule has 4 aromatic carbocycles. The third-order valence-corrected chi connectivity index (χ3v) is 10.2. The van der Waals surface area contributed by atoms with E-state index in [1.165, 1.54) is 17.0 Å². The second kappa shape index (κ2) is 16.3. The van der Waals surface area contributed by atoms with Gasteiger partial charge in [0, 0.05) is 29.0 Å². The Morgan fingerprint density at radius 3 is 2.22 bits per heavy atom.